The lowest BCUT2D eigenvalue weighted by atomic mass is 9.40. The Morgan fingerprint density at radius 3 is 2.41 bits per heavy atom. The smallest absolute Gasteiger partial charge is 0.311 e. The molecule has 0 spiro atoms. The van der Waals surface area contributed by atoms with Crippen molar-refractivity contribution in [1.82, 2.24) is 0 Å². The predicted molar refractivity (Wildman–Crippen MR) is 89.6 cm³/mol. The topological polar surface area (TPSA) is 37.3 Å². The zero-order valence-electron chi connectivity index (χ0n) is 14.9. The zero-order chi connectivity index (χ0) is 16.3. The normalized spacial score (nSPS) is 47.1. The summed E-state index contributed by atoms with van der Waals surface area (Å²) < 4.78 is 0. The number of carbonyl (C=O) groups is 1. The molecule has 0 heterocycles. The van der Waals surface area contributed by atoms with E-state index in [1.54, 1.807) is 0 Å². The number of hydrogen-bond acceptors (Lipinski definition) is 1. The Morgan fingerprint density at radius 2 is 1.77 bits per heavy atom. The molecule has 3 rings (SSSR count). The van der Waals surface area contributed by atoms with Crippen molar-refractivity contribution in [2.24, 2.45) is 34.0 Å². The SMILES string of the molecule is CC1=CC[C@H]2[C@@](C)(CC[C@H]3C(C)(C)CCC[C@]23C)[C@@H]1C(=O)O. The quantitative estimate of drug-likeness (QED) is 0.669. The van der Waals surface area contributed by atoms with Gasteiger partial charge in [0.15, 0.2) is 0 Å². The average molecular weight is 304 g/mol. The van der Waals surface area contributed by atoms with E-state index in [2.05, 4.69) is 33.8 Å². The molecule has 0 aliphatic heterocycles. The van der Waals surface area contributed by atoms with Crippen LogP contribution in [0.2, 0.25) is 0 Å². The largest absolute Gasteiger partial charge is 0.481 e. The molecule has 2 fully saturated rings. The summed E-state index contributed by atoms with van der Waals surface area (Å²) in [7, 11) is 0. The van der Waals surface area contributed by atoms with Gasteiger partial charge >= 0.3 is 5.97 Å². The van der Waals surface area contributed by atoms with Crippen LogP contribution < -0.4 is 0 Å². The van der Waals surface area contributed by atoms with Crippen LogP contribution in [-0.2, 0) is 4.79 Å². The Hall–Kier alpha value is -0.790. The van der Waals surface area contributed by atoms with Gasteiger partial charge < -0.3 is 5.11 Å². The van der Waals surface area contributed by atoms with Gasteiger partial charge in [-0.25, -0.2) is 0 Å². The third kappa shape index (κ3) is 2.02. The number of rotatable bonds is 1. The molecule has 0 saturated heterocycles. The molecule has 3 aliphatic rings. The summed E-state index contributed by atoms with van der Waals surface area (Å²) in [4.78, 5) is 12.0. The second-order valence-corrected chi connectivity index (χ2v) is 9.45. The highest BCUT2D eigenvalue weighted by molar-refractivity contribution is 5.75. The first kappa shape index (κ1) is 16.1. The van der Waals surface area contributed by atoms with Gasteiger partial charge in [-0.05, 0) is 67.1 Å². The summed E-state index contributed by atoms with van der Waals surface area (Å²) >= 11 is 0. The maximum atomic E-state index is 12.0. The predicted octanol–water partition coefficient (Wildman–Crippen LogP) is 5.29. The fraction of sp³-hybridized carbons (Fsp3) is 0.850. The maximum absolute atomic E-state index is 12.0. The van der Waals surface area contributed by atoms with E-state index in [0.717, 1.165) is 24.3 Å². The zero-order valence-corrected chi connectivity index (χ0v) is 14.9. The van der Waals surface area contributed by atoms with E-state index in [1.807, 2.05) is 6.92 Å². The first-order valence-corrected chi connectivity index (χ1v) is 9.02. The number of fused-ring (bicyclic) bond motifs is 3. The van der Waals surface area contributed by atoms with E-state index in [0.29, 0.717) is 16.7 Å². The molecule has 0 radical (unpaired) electrons. The van der Waals surface area contributed by atoms with E-state index in [-0.39, 0.29) is 11.3 Å². The number of carboxylic acid groups (broad SMARTS) is 1. The van der Waals surface area contributed by atoms with Gasteiger partial charge in [-0.1, -0.05) is 45.8 Å². The standard InChI is InChI=1S/C20H32O2/c1-13-7-8-15-19(4)11-6-10-18(2,3)14(19)9-12-20(15,5)16(13)17(21)22/h7,14-16H,6,8-12H2,1-5H3,(H,21,22)/t14-,15+,16-,19-,20+/m0/s1. The molecule has 2 heteroatoms. The molecular formula is C20H32O2. The Kier molecular flexibility index (Phi) is 3.55. The number of hydrogen-bond donors (Lipinski definition) is 1. The van der Waals surface area contributed by atoms with E-state index >= 15 is 0 Å². The lowest BCUT2D eigenvalue weighted by Crippen LogP contribution is -2.58. The Morgan fingerprint density at radius 1 is 1.09 bits per heavy atom. The van der Waals surface area contributed by atoms with Crippen LogP contribution in [0.4, 0.5) is 0 Å². The third-order valence-corrected chi connectivity index (χ3v) is 7.88. The maximum Gasteiger partial charge on any atom is 0.311 e. The summed E-state index contributed by atoms with van der Waals surface area (Å²) in [5.74, 6) is 0.364. The Labute approximate surface area is 135 Å². The van der Waals surface area contributed by atoms with Crippen molar-refractivity contribution in [3.05, 3.63) is 11.6 Å². The molecule has 22 heavy (non-hydrogen) atoms. The Balaban J connectivity index is 2.06. The van der Waals surface area contributed by atoms with Crippen LogP contribution >= 0.6 is 0 Å². The lowest BCUT2D eigenvalue weighted by Gasteiger charge is -2.64. The third-order valence-electron chi connectivity index (χ3n) is 7.88. The molecule has 2 saturated carbocycles. The van der Waals surface area contributed by atoms with Gasteiger partial charge in [-0.3, -0.25) is 4.79 Å². The summed E-state index contributed by atoms with van der Waals surface area (Å²) in [6.07, 6.45) is 9.49. The molecular weight excluding hydrogens is 272 g/mol. The molecule has 5 atom stereocenters. The molecule has 124 valence electrons. The monoisotopic (exact) mass is 304 g/mol. The molecule has 0 aromatic carbocycles. The van der Waals surface area contributed by atoms with Crippen LogP contribution in [0.25, 0.3) is 0 Å². The lowest BCUT2D eigenvalue weighted by molar-refractivity contribution is -0.167. The molecule has 0 amide bonds. The van der Waals surface area contributed by atoms with Gasteiger partial charge in [-0.15, -0.1) is 0 Å². The number of aliphatic carboxylic acids is 1. The summed E-state index contributed by atoms with van der Waals surface area (Å²) in [5, 5.41) is 9.85. The van der Waals surface area contributed by atoms with Crippen molar-refractivity contribution in [2.45, 2.75) is 73.1 Å². The van der Waals surface area contributed by atoms with Gasteiger partial charge in [0.25, 0.3) is 0 Å². The number of carboxylic acids is 1. The van der Waals surface area contributed by atoms with Gasteiger partial charge in [0, 0.05) is 0 Å². The molecule has 3 aliphatic carbocycles. The van der Waals surface area contributed by atoms with Crippen LogP contribution in [0.5, 0.6) is 0 Å². The molecule has 2 nitrogen and oxygen atoms in total. The highest BCUT2D eigenvalue weighted by atomic mass is 16.4. The van der Waals surface area contributed by atoms with E-state index in [4.69, 9.17) is 0 Å². The molecule has 1 N–H and O–H groups in total. The van der Waals surface area contributed by atoms with Gasteiger partial charge in [0.1, 0.15) is 0 Å². The van der Waals surface area contributed by atoms with E-state index in [1.165, 1.54) is 25.7 Å². The number of allylic oxidation sites excluding steroid dienone is 1. The van der Waals surface area contributed by atoms with Crippen molar-refractivity contribution in [3.8, 4) is 0 Å². The van der Waals surface area contributed by atoms with E-state index < -0.39 is 5.97 Å². The van der Waals surface area contributed by atoms with Gasteiger partial charge in [0.2, 0.25) is 0 Å². The Bertz CT molecular complexity index is 518. The second kappa shape index (κ2) is 4.85. The summed E-state index contributed by atoms with van der Waals surface area (Å²) in [6.45, 7) is 11.7. The second-order valence-electron chi connectivity index (χ2n) is 9.45. The molecule has 0 bridgehead atoms. The van der Waals surface area contributed by atoms with Gasteiger partial charge in [-0.2, -0.15) is 0 Å². The highest BCUT2D eigenvalue weighted by Crippen LogP contribution is 2.68. The molecule has 0 aromatic rings. The van der Waals surface area contributed by atoms with Crippen LogP contribution in [0.1, 0.15) is 73.1 Å². The minimum absolute atomic E-state index is 0.0661. The first-order valence-electron chi connectivity index (χ1n) is 9.02. The van der Waals surface area contributed by atoms with Crippen molar-refractivity contribution in [2.75, 3.05) is 0 Å². The average Bonchev–Trinajstić information content (AvgIpc) is 2.35. The first-order chi connectivity index (χ1) is 10.1. The fourth-order valence-corrected chi connectivity index (χ4v) is 6.99. The fourth-order valence-electron chi connectivity index (χ4n) is 6.99. The molecule has 0 aromatic heterocycles. The minimum atomic E-state index is -0.613. The van der Waals surface area contributed by atoms with Crippen LogP contribution in [0.15, 0.2) is 11.6 Å². The van der Waals surface area contributed by atoms with Crippen LogP contribution in [0, 0.1) is 34.0 Å². The van der Waals surface area contributed by atoms with Crippen LogP contribution in [0.3, 0.4) is 0 Å². The molecule has 0 unspecified atom stereocenters. The summed E-state index contributed by atoms with van der Waals surface area (Å²) in [6, 6.07) is 0. The van der Waals surface area contributed by atoms with E-state index in [9.17, 15) is 9.90 Å². The van der Waals surface area contributed by atoms with Crippen molar-refractivity contribution >= 4 is 5.97 Å². The highest BCUT2D eigenvalue weighted by Gasteiger charge is 2.61. The van der Waals surface area contributed by atoms with Crippen molar-refractivity contribution < 1.29 is 9.90 Å². The summed E-state index contributed by atoms with van der Waals surface area (Å²) in [5.41, 5.74) is 1.73. The van der Waals surface area contributed by atoms with Crippen LogP contribution in [-0.4, -0.2) is 11.1 Å². The van der Waals surface area contributed by atoms with Crippen molar-refractivity contribution in [1.29, 1.82) is 0 Å². The van der Waals surface area contributed by atoms with Crippen molar-refractivity contribution in [3.63, 3.8) is 0 Å². The minimum Gasteiger partial charge on any atom is -0.481 e. The van der Waals surface area contributed by atoms with Gasteiger partial charge in [0.05, 0.1) is 5.92 Å².